The number of benzene rings is 1. The number of rotatable bonds is 4. The molecule has 0 aliphatic heterocycles. The maximum atomic E-state index is 11.8. The molecule has 1 heterocycles. The van der Waals surface area contributed by atoms with E-state index in [0.717, 1.165) is 11.3 Å². The second kappa shape index (κ2) is 6.86. The van der Waals surface area contributed by atoms with E-state index in [0.29, 0.717) is 5.56 Å². The molecule has 1 amide bonds. The largest absolute Gasteiger partial charge is 0.271 e. The number of pyridine rings is 1. The quantitative estimate of drug-likeness (QED) is 0.534. The number of nitrogens with one attached hydrogen (secondary N) is 1. The van der Waals surface area contributed by atoms with Crippen molar-refractivity contribution < 1.29 is 4.79 Å². The number of nitrogens with zero attached hydrogens (tertiary/aromatic N) is 2. The van der Waals surface area contributed by atoms with Crippen molar-refractivity contribution in [3.8, 4) is 0 Å². The lowest BCUT2D eigenvalue weighted by Crippen LogP contribution is -2.19. The van der Waals surface area contributed by atoms with Gasteiger partial charge in [-0.25, -0.2) is 5.43 Å². The minimum atomic E-state index is -0.243. The molecule has 2 aromatic rings. The lowest BCUT2D eigenvalue weighted by atomic mass is 10.1. The Bertz CT molecular complexity index is 609. The van der Waals surface area contributed by atoms with Gasteiger partial charge in [-0.1, -0.05) is 12.1 Å². The molecule has 0 atom stereocenters. The molecule has 1 aromatic heterocycles. The van der Waals surface area contributed by atoms with Crippen molar-refractivity contribution in [2.24, 2.45) is 5.10 Å². The van der Waals surface area contributed by atoms with Gasteiger partial charge in [0.15, 0.2) is 0 Å². The molecule has 0 saturated heterocycles. The van der Waals surface area contributed by atoms with E-state index in [9.17, 15) is 4.79 Å². The zero-order valence-corrected chi connectivity index (χ0v) is 12.1. The van der Waals surface area contributed by atoms with Crippen molar-refractivity contribution in [1.82, 2.24) is 10.4 Å². The molecule has 102 valence electrons. The van der Waals surface area contributed by atoms with Crippen LogP contribution in [0.2, 0.25) is 0 Å². The van der Waals surface area contributed by atoms with Gasteiger partial charge in [-0.05, 0) is 43.0 Å². The number of aromatic nitrogens is 1. The van der Waals surface area contributed by atoms with Crippen molar-refractivity contribution in [3.63, 3.8) is 0 Å². The number of hydrogen-bond donors (Lipinski definition) is 1. The van der Waals surface area contributed by atoms with Crippen LogP contribution < -0.4 is 5.43 Å². The van der Waals surface area contributed by atoms with Crippen LogP contribution >= 0.6 is 11.8 Å². The highest BCUT2D eigenvalue weighted by molar-refractivity contribution is 7.98. The maximum Gasteiger partial charge on any atom is 0.271 e. The highest BCUT2D eigenvalue weighted by Crippen LogP contribution is 2.15. The third-order valence-corrected chi connectivity index (χ3v) is 3.52. The van der Waals surface area contributed by atoms with Gasteiger partial charge in [0.1, 0.15) is 0 Å². The monoisotopic (exact) mass is 285 g/mol. The lowest BCUT2D eigenvalue weighted by Gasteiger charge is -2.03. The molecular formula is C15H15N3OS. The zero-order valence-electron chi connectivity index (χ0n) is 11.3. The van der Waals surface area contributed by atoms with E-state index in [2.05, 4.69) is 15.5 Å². The van der Waals surface area contributed by atoms with Crippen molar-refractivity contribution in [2.45, 2.75) is 11.8 Å². The van der Waals surface area contributed by atoms with Gasteiger partial charge in [0.25, 0.3) is 5.91 Å². The average molecular weight is 285 g/mol. The summed E-state index contributed by atoms with van der Waals surface area (Å²) in [5.41, 5.74) is 4.83. The topological polar surface area (TPSA) is 54.4 Å². The minimum Gasteiger partial charge on any atom is -0.267 e. The molecule has 1 aromatic carbocycles. The van der Waals surface area contributed by atoms with Crippen LogP contribution in [0.4, 0.5) is 0 Å². The van der Waals surface area contributed by atoms with E-state index in [-0.39, 0.29) is 5.91 Å². The van der Waals surface area contributed by atoms with Crippen molar-refractivity contribution >= 4 is 23.4 Å². The standard InChI is InChI=1S/C15H15N3OS/c1-11(12-3-5-14(20-2)6-4-12)17-18-15(19)13-7-9-16-10-8-13/h3-10H,1-2H3,(H,18,19)/b17-11+. The second-order valence-electron chi connectivity index (χ2n) is 4.10. The molecule has 0 aliphatic carbocycles. The number of thioether (sulfide) groups is 1. The summed E-state index contributed by atoms with van der Waals surface area (Å²) < 4.78 is 0. The van der Waals surface area contributed by atoms with Crippen LogP contribution in [0.1, 0.15) is 22.8 Å². The van der Waals surface area contributed by atoms with E-state index in [1.54, 1.807) is 36.3 Å². The molecule has 2 rings (SSSR count). The van der Waals surface area contributed by atoms with Crippen LogP contribution in [0, 0.1) is 0 Å². The van der Waals surface area contributed by atoms with Gasteiger partial charge in [0.05, 0.1) is 5.71 Å². The van der Waals surface area contributed by atoms with Gasteiger partial charge in [-0.15, -0.1) is 11.8 Å². The molecule has 0 aliphatic rings. The van der Waals surface area contributed by atoms with Crippen LogP contribution in [0.25, 0.3) is 0 Å². The average Bonchev–Trinajstić information content (AvgIpc) is 2.53. The van der Waals surface area contributed by atoms with Crippen molar-refractivity contribution in [3.05, 3.63) is 59.9 Å². The van der Waals surface area contributed by atoms with Crippen molar-refractivity contribution in [1.29, 1.82) is 0 Å². The fourth-order valence-corrected chi connectivity index (χ4v) is 2.01. The van der Waals surface area contributed by atoms with Gasteiger partial charge in [-0.2, -0.15) is 5.10 Å². The Morgan fingerprint density at radius 1 is 1.10 bits per heavy atom. The van der Waals surface area contributed by atoms with Gasteiger partial charge >= 0.3 is 0 Å². The summed E-state index contributed by atoms with van der Waals surface area (Å²) in [5.74, 6) is -0.243. The normalized spacial score (nSPS) is 11.2. The van der Waals surface area contributed by atoms with E-state index in [4.69, 9.17) is 0 Å². The van der Waals surface area contributed by atoms with Crippen LogP contribution in [0.5, 0.6) is 0 Å². The Labute approximate surface area is 122 Å². The molecule has 20 heavy (non-hydrogen) atoms. The van der Waals surface area contributed by atoms with E-state index < -0.39 is 0 Å². The van der Waals surface area contributed by atoms with Gasteiger partial charge in [-0.3, -0.25) is 9.78 Å². The third kappa shape index (κ3) is 3.68. The molecule has 0 bridgehead atoms. The molecule has 5 heteroatoms. The number of hydrogen-bond acceptors (Lipinski definition) is 4. The Morgan fingerprint density at radius 3 is 2.35 bits per heavy atom. The Balaban J connectivity index is 2.05. The fourth-order valence-electron chi connectivity index (χ4n) is 1.60. The summed E-state index contributed by atoms with van der Waals surface area (Å²) in [6.45, 7) is 1.86. The second-order valence-corrected chi connectivity index (χ2v) is 4.98. The van der Waals surface area contributed by atoms with Crippen molar-refractivity contribution in [2.75, 3.05) is 6.26 Å². The molecule has 4 nitrogen and oxygen atoms in total. The van der Waals surface area contributed by atoms with E-state index in [1.807, 2.05) is 37.4 Å². The van der Waals surface area contributed by atoms with E-state index in [1.165, 1.54) is 4.90 Å². The number of carbonyl (C=O) groups is 1. The van der Waals surface area contributed by atoms with Crippen LogP contribution in [0.3, 0.4) is 0 Å². The number of hydrazone groups is 1. The van der Waals surface area contributed by atoms with E-state index >= 15 is 0 Å². The fraction of sp³-hybridized carbons (Fsp3) is 0.133. The van der Waals surface area contributed by atoms with Gasteiger partial charge in [0, 0.05) is 22.9 Å². The Morgan fingerprint density at radius 2 is 1.75 bits per heavy atom. The Kier molecular flexibility index (Phi) is 4.90. The zero-order chi connectivity index (χ0) is 14.4. The smallest absolute Gasteiger partial charge is 0.267 e. The van der Waals surface area contributed by atoms with Crippen LogP contribution in [-0.2, 0) is 0 Å². The first-order valence-electron chi connectivity index (χ1n) is 6.10. The molecule has 0 saturated carbocycles. The summed E-state index contributed by atoms with van der Waals surface area (Å²) >= 11 is 1.69. The van der Waals surface area contributed by atoms with Crippen LogP contribution in [-0.4, -0.2) is 22.9 Å². The molecule has 1 N–H and O–H groups in total. The summed E-state index contributed by atoms with van der Waals surface area (Å²) in [7, 11) is 0. The molecule has 0 fully saturated rings. The summed E-state index contributed by atoms with van der Waals surface area (Å²) in [6.07, 6.45) is 5.18. The highest BCUT2D eigenvalue weighted by Gasteiger charge is 2.04. The maximum absolute atomic E-state index is 11.8. The molecule has 0 radical (unpaired) electrons. The summed E-state index contributed by atoms with van der Waals surface area (Å²) in [5, 5.41) is 4.12. The Hall–Kier alpha value is -2.14. The predicted octanol–water partition coefficient (Wildman–Crippen LogP) is 2.96. The molecule has 0 spiro atoms. The molecule has 0 unspecified atom stereocenters. The summed E-state index contributed by atoms with van der Waals surface area (Å²) in [4.78, 5) is 16.9. The number of carbonyl (C=O) groups excluding carboxylic acids is 1. The molecular weight excluding hydrogens is 270 g/mol. The van der Waals surface area contributed by atoms with Crippen LogP contribution in [0.15, 0.2) is 58.8 Å². The third-order valence-electron chi connectivity index (χ3n) is 2.78. The summed E-state index contributed by atoms with van der Waals surface area (Å²) in [6, 6.07) is 11.3. The number of amides is 1. The predicted molar refractivity (Wildman–Crippen MR) is 82.1 cm³/mol. The first kappa shape index (κ1) is 14.3. The SMILES string of the molecule is CSc1ccc(/C(C)=N/NC(=O)c2ccncc2)cc1. The first-order valence-corrected chi connectivity index (χ1v) is 7.32. The van der Waals surface area contributed by atoms with Gasteiger partial charge in [0.2, 0.25) is 0 Å². The highest BCUT2D eigenvalue weighted by atomic mass is 32.2. The minimum absolute atomic E-state index is 0.243. The first-order chi connectivity index (χ1) is 9.70. The van der Waals surface area contributed by atoms with Gasteiger partial charge < -0.3 is 0 Å². The lowest BCUT2D eigenvalue weighted by molar-refractivity contribution is 0.0954.